The van der Waals surface area contributed by atoms with Gasteiger partial charge in [-0.2, -0.15) is 0 Å². The van der Waals surface area contributed by atoms with Crippen LogP contribution in [0.25, 0.3) is 0 Å². The lowest BCUT2D eigenvalue weighted by Crippen LogP contribution is -1.93. The van der Waals surface area contributed by atoms with Crippen molar-refractivity contribution in [2.24, 2.45) is 0 Å². The average Bonchev–Trinajstić information content (AvgIpc) is 2.50. The molecule has 0 atom stereocenters. The van der Waals surface area contributed by atoms with Crippen molar-refractivity contribution in [2.75, 3.05) is 11.9 Å². The molecule has 0 amide bonds. The van der Waals surface area contributed by atoms with Crippen molar-refractivity contribution in [1.82, 2.24) is 4.98 Å². The first kappa shape index (κ1) is 6.34. The highest BCUT2D eigenvalue weighted by atomic mass is 16.1. The fourth-order valence-electron chi connectivity index (χ4n) is 1.26. The molecule has 0 aliphatic carbocycles. The van der Waals surface area contributed by atoms with Crippen LogP contribution in [0.1, 0.15) is 15.9 Å². The Balaban J connectivity index is 2.48. The molecule has 1 N–H and O–H groups in total. The van der Waals surface area contributed by atoms with Crippen LogP contribution in [0, 0.1) is 0 Å². The normalized spacial score (nSPS) is 13.8. The van der Waals surface area contributed by atoms with Crippen molar-refractivity contribution in [3.8, 4) is 0 Å². The van der Waals surface area contributed by atoms with E-state index >= 15 is 0 Å². The minimum atomic E-state index is 0.660. The molecule has 3 nitrogen and oxygen atoms in total. The van der Waals surface area contributed by atoms with E-state index in [-0.39, 0.29) is 0 Å². The van der Waals surface area contributed by atoms with E-state index < -0.39 is 0 Å². The number of carbonyl (C=O) groups is 1. The number of aromatic nitrogens is 1. The van der Waals surface area contributed by atoms with Crippen molar-refractivity contribution in [3.63, 3.8) is 0 Å². The SMILES string of the molecule is O=Cc1cnc2c(c1)CCN2. The van der Waals surface area contributed by atoms with E-state index in [1.807, 2.05) is 6.07 Å². The molecule has 2 rings (SSSR count). The maximum Gasteiger partial charge on any atom is 0.151 e. The second kappa shape index (κ2) is 2.34. The fraction of sp³-hybridized carbons (Fsp3) is 0.250. The van der Waals surface area contributed by atoms with E-state index in [0.717, 1.165) is 30.6 Å². The highest BCUT2D eigenvalue weighted by Crippen LogP contribution is 2.18. The van der Waals surface area contributed by atoms with E-state index in [1.165, 1.54) is 0 Å². The number of nitrogens with zero attached hydrogens (tertiary/aromatic N) is 1. The number of nitrogens with one attached hydrogen (secondary N) is 1. The lowest BCUT2D eigenvalue weighted by molar-refractivity contribution is 0.112. The predicted octanol–water partition coefficient (Wildman–Crippen LogP) is 0.862. The maximum atomic E-state index is 10.3. The molecule has 56 valence electrons. The number of fused-ring (bicyclic) bond motifs is 1. The summed E-state index contributed by atoms with van der Waals surface area (Å²) in [5.41, 5.74) is 1.81. The first-order valence-corrected chi connectivity index (χ1v) is 3.58. The van der Waals surface area contributed by atoms with Crippen LogP contribution >= 0.6 is 0 Å². The lowest BCUT2D eigenvalue weighted by atomic mass is 10.2. The maximum absolute atomic E-state index is 10.3. The molecule has 0 fully saturated rings. The molecule has 1 aromatic heterocycles. The molecule has 1 aliphatic heterocycles. The summed E-state index contributed by atoms with van der Waals surface area (Å²) in [5, 5.41) is 3.12. The summed E-state index contributed by atoms with van der Waals surface area (Å²) in [7, 11) is 0. The van der Waals surface area contributed by atoms with Gasteiger partial charge in [0.25, 0.3) is 0 Å². The summed E-state index contributed by atoms with van der Waals surface area (Å²) < 4.78 is 0. The van der Waals surface area contributed by atoms with Crippen molar-refractivity contribution in [2.45, 2.75) is 6.42 Å². The summed E-state index contributed by atoms with van der Waals surface area (Å²) in [6, 6.07) is 1.88. The average molecular weight is 148 g/mol. The molecule has 0 unspecified atom stereocenters. The molecule has 3 heteroatoms. The second-order valence-electron chi connectivity index (χ2n) is 2.57. The number of pyridine rings is 1. The van der Waals surface area contributed by atoms with Gasteiger partial charge in [0.05, 0.1) is 0 Å². The molecule has 1 aromatic rings. The summed E-state index contributed by atoms with van der Waals surface area (Å²) in [5.74, 6) is 0.926. The Morgan fingerprint density at radius 3 is 3.36 bits per heavy atom. The van der Waals surface area contributed by atoms with Gasteiger partial charge in [-0.05, 0) is 18.1 Å². The quantitative estimate of drug-likeness (QED) is 0.600. The Labute approximate surface area is 64.5 Å². The Morgan fingerprint density at radius 1 is 1.64 bits per heavy atom. The fourth-order valence-corrected chi connectivity index (χ4v) is 1.26. The molecule has 11 heavy (non-hydrogen) atoms. The van der Waals surface area contributed by atoms with Crippen molar-refractivity contribution in [3.05, 3.63) is 23.4 Å². The number of rotatable bonds is 1. The van der Waals surface area contributed by atoms with Crippen LogP contribution in [0.2, 0.25) is 0 Å². The topological polar surface area (TPSA) is 42.0 Å². The number of aldehydes is 1. The smallest absolute Gasteiger partial charge is 0.151 e. The van der Waals surface area contributed by atoms with Crippen LogP contribution in [0.3, 0.4) is 0 Å². The Hall–Kier alpha value is -1.38. The monoisotopic (exact) mass is 148 g/mol. The number of hydrogen-bond acceptors (Lipinski definition) is 3. The first-order valence-electron chi connectivity index (χ1n) is 3.58. The van der Waals surface area contributed by atoms with E-state index in [2.05, 4.69) is 10.3 Å². The molecule has 1 aliphatic rings. The van der Waals surface area contributed by atoms with Crippen LogP contribution in [-0.4, -0.2) is 17.8 Å². The standard InChI is InChI=1S/C8H8N2O/c11-5-6-3-7-1-2-9-8(7)10-4-6/h3-5H,1-2H2,(H,9,10). The van der Waals surface area contributed by atoms with Crippen molar-refractivity contribution >= 4 is 12.1 Å². The summed E-state index contributed by atoms with van der Waals surface area (Å²) in [6.07, 6.45) is 3.39. The van der Waals surface area contributed by atoms with Crippen LogP contribution in [0.5, 0.6) is 0 Å². The molecular formula is C8H8N2O. The Kier molecular flexibility index (Phi) is 1.35. The van der Waals surface area contributed by atoms with Gasteiger partial charge in [-0.15, -0.1) is 0 Å². The van der Waals surface area contributed by atoms with Gasteiger partial charge in [-0.3, -0.25) is 4.79 Å². The van der Waals surface area contributed by atoms with E-state index in [9.17, 15) is 4.79 Å². The third-order valence-corrected chi connectivity index (χ3v) is 1.81. The largest absolute Gasteiger partial charge is 0.370 e. The third-order valence-electron chi connectivity index (χ3n) is 1.81. The molecule has 0 saturated heterocycles. The minimum Gasteiger partial charge on any atom is -0.370 e. The molecule has 0 radical (unpaired) electrons. The lowest BCUT2D eigenvalue weighted by Gasteiger charge is -1.96. The predicted molar refractivity (Wildman–Crippen MR) is 41.8 cm³/mol. The molecule has 0 spiro atoms. The zero-order valence-corrected chi connectivity index (χ0v) is 6.00. The number of anilines is 1. The summed E-state index contributed by atoms with van der Waals surface area (Å²) in [4.78, 5) is 14.4. The molecule has 2 heterocycles. The van der Waals surface area contributed by atoms with E-state index in [0.29, 0.717) is 5.56 Å². The van der Waals surface area contributed by atoms with Gasteiger partial charge < -0.3 is 5.32 Å². The van der Waals surface area contributed by atoms with Gasteiger partial charge >= 0.3 is 0 Å². The third kappa shape index (κ3) is 0.981. The van der Waals surface area contributed by atoms with Crippen molar-refractivity contribution < 1.29 is 4.79 Å². The van der Waals surface area contributed by atoms with E-state index in [1.54, 1.807) is 6.20 Å². The number of hydrogen-bond donors (Lipinski definition) is 1. The van der Waals surface area contributed by atoms with Gasteiger partial charge in [0.2, 0.25) is 0 Å². The highest BCUT2D eigenvalue weighted by molar-refractivity contribution is 5.75. The van der Waals surface area contributed by atoms with Gasteiger partial charge in [0.1, 0.15) is 5.82 Å². The van der Waals surface area contributed by atoms with E-state index in [4.69, 9.17) is 0 Å². The first-order chi connectivity index (χ1) is 5.40. The van der Waals surface area contributed by atoms with Crippen LogP contribution < -0.4 is 5.32 Å². The van der Waals surface area contributed by atoms with Crippen LogP contribution in [0.4, 0.5) is 5.82 Å². The van der Waals surface area contributed by atoms with Crippen molar-refractivity contribution in [1.29, 1.82) is 0 Å². The van der Waals surface area contributed by atoms with Crippen LogP contribution in [-0.2, 0) is 6.42 Å². The Bertz CT molecular complexity index is 296. The molecule has 0 saturated carbocycles. The second-order valence-corrected chi connectivity index (χ2v) is 2.57. The molecule has 0 bridgehead atoms. The molecule has 0 aromatic carbocycles. The highest BCUT2D eigenvalue weighted by Gasteiger charge is 2.10. The van der Waals surface area contributed by atoms with Gasteiger partial charge in [0, 0.05) is 18.3 Å². The molecular weight excluding hydrogens is 140 g/mol. The van der Waals surface area contributed by atoms with Crippen LogP contribution in [0.15, 0.2) is 12.3 Å². The van der Waals surface area contributed by atoms with Gasteiger partial charge in [-0.25, -0.2) is 4.98 Å². The van der Waals surface area contributed by atoms with Gasteiger partial charge in [0.15, 0.2) is 6.29 Å². The number of carbonyl (C=O) groups excluding carboxylic acids is 1. The zero-order chi connectivity index (χ0) is 7.68. The minimum absolute atomic E-state index is 0.660. The summed E-state index contributed by atoms with van der Waals surface area (Å²) in [6.45, 7) is 0.935. The summed E-state index contributed by atoms with van der Waals surface area (Å²) >= 11 is 0. The Morgan fingerprint density at radius 2 is 2.55 bits per heavy atom. The van der Waals surface area contributed by atoms with Gasteiger partial charge in [-0.1, -0.05) is 0 Å². The zero-order valence-electron chi connectivity index (χ0n) is 6.00.